The lowest BCUT2D eigenvalue weighted by Crippen LogP contribution is -2.29. The Morgan fingerprint density at radius 3 is 2.22 bits per heavy atom. The first-order valence-electron chi connectivity index (χ1n) is 5.36. The van der Waals surface area contributed by atoms with E-state index < -0.39 is 12.6 Å². The van der Waals surface area contributed by atoms with Crippen LogP contribution >= 0.6 is 0 Å². The van der Waals surface area contributed by atoms with Gasteiger partial charge in [-0.3, -0.25) is 14.5 Å². The molecule has 0 saturated carbocycles. The van der Waals surface area contributed by atoms with E-state index in [9.17, 15) is 19.5 Å². The molecular weight excluding hydrogens is 238 g/mol. The Bertz CT molecular complexity index is 478. The fraction of sp³-hybridized carbons (Fsp3) is 0.250. The van der Waals surface area contributed by atoms with Gasteiger partial charge in [0.25, 0.3) is 0 Å². The van der Waals surface area contributed by atoms with Gasteiger partial charge >= 0.3 is 0 Å². The number of carbonyl (C=O) groups is 3. The van der Waals surface area contributed by atoms with Crippen molar-refractivity contribution in [3.63, 3.8) is 0 Å². The van der Waals surface area contributed by atoms with Crippen LogP contribution in [0.15, 0.2) is 24.3 Å². The third-order valence-corrected chi connectivity index (χ3v) is 2.50. The van der Waals surface area contributed by atoms with E-state index in [1.165, 1.54) is 24.3 Å². The summed E-state index contributed by atoms with van der Waals surface area (Å²) >= 11 is 0. The van der Waals surface area contributed by atoms with E-state index in [2.05, 4.69) is 0 Å². The SMILES string of the molecule is O=C([O-])COc1ccc(N2C(=O)CCC2=O)cc1. The van der Waals surface area contributed by atoms with Crippen molar-refractivity contribution in [1.29, 1.82) is 0 Å². The number of aliphatic carboxylic acids is 1. The first-order valence-corrected chi connectivity index (χ1v) is 5.36. The van der Waals surface area contributed by atoms with E-state index in [1.807, 2.05) is 0 Å². The molecule has 0 N–H and O–H groups in total. The summed E-state index contributed by atoms with van der Waals surface area (Å²) in [5.41, 5.74) is 0.461. The van der Waals surface area contributed by atoms with Crippen molar-refractivity contribution in [2.45, 2.75) is 12.8 Å². The summed E-state index contributed by atoms with van der Waals surface area (Å²) in [6, 6.07) is 6.06. The van der Waals surface area contributed by atoms with Crippen LogP contribution in [0.3, 0.4) is 0 Å². The molecule has 1 aromatic rings. The topological polar surface area (TPSA) is 86.7 Å². The Morgan fingerprint density at radius 2 is 1.72 bits per heavy atom. The van der Waals surface area contributed by atoms with Crippen LogP contribution < -0.4 is 14.7 Å². The van der Waals surface area contributed by atoms with Crippen molar-refractivity contribution in [2.24, 2.45) is 0 Å². The lowest BCUT2D eigenvalue weighted by molar-refractivity contribution is -0.307. The predicted molar refractivity (Wildman–Crippen MR) is 58.7 cm³/mol. The molecule has 0 aromatic heterocycles. The second-order valence-electron chi connectivity index (χ2n) is 3.78. The monoisotopic (exact) mass is 248 g/mol. The second-order valence-corrected chi connectivity index (χ2v) is 3.78. The van der Waals surface area contributed by atoms with Crippen LogP contribution in [0.4, 0.5) is 5.69 Å². The van der Waals surface area contributed by atoms with Gasteiger partial charge in [0.2, 0.25) is 11.8 Å². The molecule has 0 spiro atoms. The zero-order chi connectivity index (χ0) is 13.1. The quantitative estimate of drug-likeness (QED) is 0.668. The van der Waals surface area contributed by atoms with Crippen molar-refractivity contribution in [3.8, 4) is 5.75 Å². The maximum Gasteiger partial charge on any atom is 0.234 e. The van der Waals surface area contributed by atoms with Crippen LogP contribution in [0, 0.1) is 0 Å². The molecule has 1 aromatic carbocycles. The molecule has 6 heteroatoms. The van der Waals surface area contributed by atoms with Gasteiger partial charge in [-0.05, 0) is 24.3 Å². The Morgan fingerprint density at radius 1 is 1.17 bits per heavy atom. The summed E-state index contributed by atoms with van der Waals surface area (Å²) in [6.07, 6.45) is 0.448. The highest BCUT2D eigenvalue weighted by atomic mass is 16.5. The molecule has 1 fully saturated rings. The third kappa shape index (κ3) is 2.48. The van der Waals surface area contributed by atoms with Crippen LogP contribution in [0.1, 0.15) is 12.8 Å². The number of rotatable bonds is 4. The maximum atomic E-state index is 11.5. The zero-order valence-corrected chi connectivity index (χ0v) is 9.42. The highest BCUT2D eigenvalue weighted by molar-refractivity contribution is 6.19. The van der Waals surface area contributed by atoms with Gasteiger partial charge in [-0.15, -0.1) is 0 Å². The van der Waals surface area contributed by atoms with Crippen molar-refractivity contribution < 1.29 is 24.2 Å². The Balaban J connectivity index is 2.10. The summed E-state index contributed by atoms with van der Waals surface area (Å²) in [5.74, 6) is -1.45. The molecular formula is C12H10NO5-. The number of carboxylic acids is 1. The minimum atomic E-state index is -1.32. The van der Waals surface area contributed by atoms with Gasteiger partial charge in [0.15, 0.2) is 0 Å². The molecule has 0 atom stereocenters. The number of carboxylic acid groups (broad SMARTS) is 1. The number of hydrogen-bond donors (Lipinski definition) is 0. The molecule has 2 rings (SSSR count). The average Bonchev–Trinajstić information content (AvgIpc) is 2.67. The van der Waals surface area contributed by atoms with Crippen LogP contribution in [0.2, 0.25) is 0 Å². The van der Waals surface area contributed by atoms with Gasteiger partial charge in [0.1, 0.15) is 12.4 Å². The highest BCUT2D eigenvalue weighted by Gasteiger charge is 2.29. The molecule has 0 radical (unpaired) electrons. The normalized spacial score (nSPS) is 15.0. The lowest BCUT2D eigenvalue weighted by atomic mass is 10.3. The second kappa shape index (κ2) is 4.87. The lowest BCUT2D eigenvalue weighted by Gasteiger charge is -2.14. The summed E-state index contributed by atoms with van der Waals surface area (Å²) < 4.78 is 4.89. The number of amides is 2. The van der Waals surface area contributed by atoms with Gasteiger partial charge < -0.3 is 14.6 Å². The van der Waals surface area contributed by atoms with E-state index in [0.29, 0.717) is 11.4 Å². The fourth-order valence-electron chi connectivity index (χ4n) is 1.70. The molecule has 0 bridgehead atoms. The van der Waals surface area contributed by atoms with Crippen molar-refractivity contribution in [2.75, 3.05) is 11.5 Å². The van der Waals surface area contributed by atoms with E-state index in [-0.39, 0.29) is 24.7 Å². The summed E-state index contributed by atoms with van der Waals surface area (Å²) in [7, 11) is 0. The number of ether oxygens (including phenoxy) is 1. The number of carbonyl (C=O) groups excluding carboxylic acids is 3. The Labute approximate surface area is 103 Å². The van der Waals surface area contributed by atoms with Crippen molar-refractivity contribution in [3.05, 3.63) is 24.3 Å². The van der Waals surface area contributed by atoms with Gasteiger partial charge in [0.05, 0.1) is 11.7 Å². The Kier molecular flexibility index (Phi) is 3.27. The number of benzene rings is 1. The Hall–Kier alpha value is -2.37. The number of anilines is 1. The van der Waals surface area contributed by atoms with E-state index >= 15 is 0 Å². The fourth-order valence-corrected chi connectivity index (χ4v) is 1.70. The van der Waals surface area contributed by atoms with Crippen molar-refractivity contribution in [1.82, 2.24) is 0 Å². The zero-order valence-electron chi connectivity index (χ0n) is 9.42. The van der Waals surface area contributed by atoms with E-state index in [4.69, 9.17) is 4.74 Å². The van der Waals surface area contributed by atoms with Gasteiger partial charge in [0, 0.05) is 12.8 Å². The van der Waals surface area contributed by atoms with Crippen LogP contribution in [-0.2, 0) is 14.4 Å². The average molecular weight is 248 g/mol. The smallest absolute Gasteiger partial charge is 0.234 e. The van der Waals surface area contributed by atoms with Gasteiger partial charge in [-0.1, -0.05) is 0 Å². The molecule has 0 aliphatic carbocycles. The molecule has 6 nitrogen and oxygen atoms in total. The molecule has 1 aliphatic rings. The maximum absolute atomic E-state index is 11.5. The number of hydrogen-bond acceptors (Lipinski definition) is 5. The van der Waals surface area contributed by atoms with Gasteiger partial charge in [-0.2, -0.15) is 0 Å². The summed E-state index contributed by atoms with van der Waals surface area (Å²) in [4.78, 5) is 34.3. The molecule has 0 unspecified atom stereocenters. The molecule has 1 heterocycles. The minimum absolute atomic E-state index is 0.224. The molecule has 94 valence electrons. The molecule has 1 saturated heterocycles. The summed E-state index contributed by atoms with van der Waals surface area (Å²) in [6.45, 7) is -0.541. The van der Waals surface area contributed by atoms with Crippen LogP contribution in [-0.4, -0.2) is 24.4 Å². The standard InChI is InChI=1S/C12H11NO5/c14-10-5-6-11(15)13(10)8-1-3-9(4-2-8)18-7-12(16)17/h1-4H,5-7H2,(H,16,17)/p-1. The van der Waals surface area contributed by atoms with Crippen molar-refractivity contribution >= 4 is 23.5 Å². The van der Waals surface area contributed by atoms with E-state index in [1.54, 1.807) is 0 Å². The summed E-state index contributed by atoms with van der Waals surface area (Å²) in [5, 5.41) is 10.2. The highest BCUT2D eigenvalue weighted by Crippen LogP contribution is 2.24. The molecule has 18 heavy (non-hydrogen) atoms. The minimum Gasteiger partial charge on any atom is -0.546 e. The first kappa shape index (κ1) is 12.1. The predicted octanol–water partition coefficient (Wildman–Crippen LogP) is -0.531. The van der Waals surface area contributed by atoms with Crippen LogP contribution in [0.5, 0.6) is 5.75 Å². The number of imide groups is 1. The number of nitrogens with zero attached hydrogens (tertiary/aromatic N) is 1. The molecule has 2 amide bonds. The largest absolute Gasteiger partial charge is 0.546 e. The van der Waals surface area contributed by atoms with Crippen LogP contribution in [0.25, 0.3) is 0 Å². The van der Waals surface area contributed by atoms with E-state index in [0.717, 1.165) is 4.90 Å². The van der Waals surface area contributed by atoms with Gasteiger partial charge in [-0.25, -0.2) is 0 Å². The first-order chi connectivity index (χ1) is 8.58. The molecule has 1 aliphatic heterocycles. The third-order valence-electron chi connectivity index (χ3n) is 2.50.